The number of aromatic nitrogens is 1. The van der Waals surface area contributed by atoms with E-state index < -0.39 is 10.0 Å². The zero-order chi connectivity index (χ0) is 8.77. The molecule has 0 spiro atoms. The van der Waals surface area contributed by atoms with Gasteiger partial charge in [0, 0.05) is 0 Å². The molecule has 0 aliphatic carbocycles. The molecule has 1 aliphatic rings. The van der Waals surface area contributed by atoms with E-state index in [0.717, 1.165) is 0 Å². The van der Waals surface area contributed by atoms with Crippen LogP contribution in [0.15, 0.2) is 14.9 Å². The van der Waals surface area contributed by atoms with Crippen LogP contribution in [0.2, 0.25) is 0 Å². The molecule has 0 atom stereocenters. The van der Waals surface area contributed by atoms with Gasteiger partial charge in [-0.3, -0.25) is 0 Å². The summed E-state index contributed by atoms with van der Waals surface area (Å²) in [6.45, 7) is 1.60. The van der Waals surface area contributed by atoms with Crippen molar-refractivity contribution in [2.45, 2.75) is 11.9 Å². The fourth-order valence-electron chi connectivity index (χ4n) is 0.913. The second-order valence-corrected chi connectivity index (χ2v) is 4.64. The number of hydrogen-bond donors (Lipinski definition) is 1. The van der Waals surface area contributed by atoms with Crippen LogP contribution in [0, 0.1) is 0 Å². The Bertz CT molecular complexity index is 445. The van der Waals surface area contributed by atoms with Gasteiger partial charge in [0.2, 0.25) is 5.03 Å². The Balaban J connectivity index is 2.72. The van der Waals surface area contributed by atoms with E-state index in [-0.39, 0.29) is 5.03 Å². The molecule has 2 rings (SSSR count). The Morgan fingerprint density at radius 3 is 3.08 bits per heavy atom. The molecule has 1 aliphatic heterocycles. The fourth-order valence-corrected chi connectivity index (χ4v) is 3.03. The Hall–Kier alpha value is -0.950. The number of hydrogen-bond acceptors (Lipinski definition) is 5. The van der Waals surface area contributed by atoms with E-state index in [4.69, 9.17) is 0 Å². The van der Waals surface area contributed by atoms with Gasteiger partial charge in [-0.2, -0.15) is 8.42 Å². The van der Waals surface area contributed by atoms with Gasteiger partial charge < -0.3 is 5.32 Å². The van der Waals surface area contributed by atoms with E-state index in [2.05, 4.69) is 14.7 Å². The summed E-state index contributed by atoms with van der Waals surface area (Å²) in [5, 5.41) is 3.39. The van der Waals surface area contributed by atoms with Crippen LogP contribution in [-0.4, -0.2) is 19.2 Å². The first kappa shape index (κ1) is 7.69. The number of fused-ring (bicyclic) bond motifs is 1. The molecule has 0 unspecified atom stereocenters. The van der Waals surface area contributed by atoms with Gasteiger partial charge in [0.15, 0.2) is 0 Å². The Morgan fingerprint density at radius 1 is 1.58 bits per heavy atom. The van der Waals surface area contributed by atoms with Crippen LogP contribution in [0.25, 0.3) is 0 Å². The number of nitrogens with zero attached hydrogens (tertiary/aromatic N) is 2. The van der Waals surface area contributed by atoms with E-state index >= 15 is 0 Å². The molecular weight excluding hydrogens is 198 g/mol. The number of amidine groups is 1. The van der Waals surface area contributed by atoms with Gasteiger partial charge in [-0.05, 0) is 6.92 Å². The highest BCUT2D eigenvalue weighted by Gasteiger charge is 2.25. The predicted octanol–water partition coefficient (Wildman–Crippen LogP) is 0.676. The van der Waals surface area contributed by atoms with Gasteiger partial charge in [0.1, 0.15) is 10.8 Å². The van der Waals surface area contributed by atoms with Crippen LogP contribution in [-0.2, 0) is 10.0 Å². The fraction of sp³-hybridized carbons (Fsp3) is 0.200. The Morgan fingerprint density at radius 2 is 2.33 bits per heavy atom. The van der Waals surface area contributed by atoms with Crippen molar-refractivity contribution in [3.8, 4) is 0 Å². The smallest absolute Gasteiger partial charge is 0.304 e. The van der Waals surface area contributed by atoms with Crippen LogP contribution in [0.1, 0.15) is 6.92 Å². The lowest BCUT2D eigenvalue weighted by Gasteiger charge is -2.09. The molecule has 0 saturated heterocycles. The van der Waals surface area contributed by atoms with E-state index in [9.17, 15) is 8.42 Å². The lowest BCUT2D eigenvalue weighted by Crippen LogP contribution is -2.17. The maximum absolute atomic E-state index is 11.3. The summed E-state index contributed by atoms with van der Waals surface area (Å²) in [7, 11) is -3.52. The SMILES string of the molecule is CC1=NS(=O)(=O)c2ncsc2N1. The standard InChI is InChI=1S/C5H5N3O2S2/c1-3-7-4-5(6-2-11-4)12(9,10)8-3/h2H,1H3,(H,7,8). The quantitative estimate of drug-likeness (QED) is 0.673. The molecular formula is C5H5N3O2S2. The van der Waals surface area contributed by atoms with Crippen molar-refractivity contribution in [1.82, 2.24) is 4.98 Å². The minimum atomic E-state index is -3.52. The molecule has 64 valence electrons. The lowest BCUT2D eigenvalue weighted by atomic mass is 10.6. The van der Waals surface area contributed by atoms with Crippen molar-refractivity contribution < 1.29 is 8.42 Å². The molecule has 12 heavy (non-hydrogen) atoms. The van der Waals surface area contributed by atoms with Crippen molar-refractivity contribution in [3.63, 3.8) is 0 Å². The topological polar surface area (TPSA) is 71.4 Å². The second kappa shape index (κ2) is 2.27. The van der Waals surface area contributed by atoms with Gasteiger partial charge in [0.05, 0.1) is 5.51 Å². The molecule has 1 aromatic rings. The molecule has 7 heteroatoms. The van der Waals surface area contributed by atoms with Crippen LogP contribution in [0.4, 0.5) is 5.00 Å². The third-order valence-corrected chi connectivity index (χ3v) is 3.51. The summed E-state index contributed by atoms with van der Waals surface area (Å²) in [4.78, 5) is 3.70. The van der Waals surface area contributed by atoms with Crippen LogP contribution < -0.4 is 5.32 Å². The normalized spacial score (nSPS) is 19.2. The molecule has 0 amide bonds. The van der Waals surface area contributed by atoms with E-state index in [1.807, 2.05) is 0 Å². The molecule has 0 aromatic carbocycles. The Labute approximate surface area is 73.2 Å². The highest BCUT2D eigenvalue weighted by Crippen LogP contribution is 2.29. The van der Waals surface area contributed by atoms with Crippen molar-refractivity contribution in [1.29, 1.82) is 0 Å². The van der Waals surface area contributed by atoms with Crippen molar-refractivity contribution in [2.75, 3.05) is 5.32 Å². The predicted molar refractivity (Wildman–Crippen MR) is 46.0 cm³/mol. The maximum atomic E-state index is 11.3. The molecule has 0 radical (unpaired) electrons. The zero-order valence-electron chi connectivity index (χ0n) is 6.10. The van der Waals surface area contributed by atoms with Crippen molar-refractivity contribution >= 4 is 32.2 Å². The molecule has 0 fully saturated rings. The van der Waals surface area contributed by atoms with Gasteiger partial charge in [-0.25, -0.2) is 4.98 Å². The third-order valence-electron chi connectivity index (χ3n) is 1.33. The molecule has 1 aromatic heterocycles. The second-order valence-electron chi connectivity index (χ2n) is 2.26. The van der Waals surface area contributed by atoms with E-state index in [0.29, 0.717) is 10.8 Å². The maximum Gasteiger partial charge on any atom is 0.304 e. The van der Waals surface area contributed by atoms with Crippen molar-refractivity contribution in [3.05, 3.63) is 5.51 Å². The van der Waals surface area contributed by atoms with Gasteiger partial charge in [-0.1, -0.05) is 0 Å². The summed E-state index contributed by atoms with van der Waals surface area (Å²) in [6.07, 6.45) is 0. The van der Waals surface area contributed by atoms with Crippen molar-refractivity contribution in [2.24, 2.45) is 4.40 Å². The average molecular weight is 203 g/mol. The zero-order valence-corrected chi connectivity index (χ0v) is 7.74. The van der Waals surface area contributed by atoms with Crippen LogP contribution in [0.5, 0.6) is 0 Å². The Kier molecular flexibility index (Phi) is 1.45. The monoisotopic (exact) mass is 203 g/mol. The number of rotatable bonds is 0. The first-order chi connectivity index (χ1) is 5.59. The third kappa shape index (κ3) is 1.01. The minimum absolute atomic E-state index is 0.0260. The first-order valence-corrected chi connectivity index (χ1v) is 5.43. The molecule has 0 saturated carbocycles. The van der Waals surface area contributed by atoms with E-state index in [1.54, 1.807) is 6.92 Å². The van der Waals surface area contributed by atoms with Crippen LogP contribution >= 0.6 is 11.3 Å². The highest BCUT2D eigenvalue weighted by atomic mass is 32.2. The first-order valence-electron chi connectivity index (χ1n) is 3.12. The number of nitrogens with one attached hydrogen (secondary N) is 1. The molecule has 5 nitrogen and oxygen atoms in total. The summed E-state index contributed by atoms with van der Waals surface area (Å²) in [5.41, 5.74) is 1.48. The number of sulfonamides is 1. The molecule has 1 N–H and O–H groups in total. The van der Waals surface area contributed by atoms with Gasteiger partial charge in [-0.15, -0.1) is 15.7 Å². The summed E-state index contributed by atoms with van der Waals surface area (Å²) in [6, 6.07) is 0. The summed E-state index contributed by atoms with van der Waals surface area (Å²) in [5.74, 6) is 0.381. The molecule has 2 heterocycles. The average Bonchev–Trinajstić information content (AvgIpc) is 2.32. The minimum Gasteiger partial charge on any atom is -0.332 e. The number of anilines is 1. The summed E-state index contributed by atoms with van der Waals surface area (Å²) >= 11 is 1.25. The highest BCUT2D eigenvalue weighted by molar-refractivity contribution is 7.90. The van der Waals surface area contributed by atoms with Crippen LogP contribution in [0.3, 0.4) is 0 Å². The molecule has 0 bridgehead atoms. The largest absolute Gasteiger partial charge is 0.332 e. The lowest BCUT2D eigenvalue weighted by molar-refractivity contribution is 0.595. The van der Waals surface area contributed by atoms with Gasteiger partial charge in [0.25, 0.3) is 0 Å². The van der Waals surface area contributed by atoms with Gasteiger partial charge >= 0.3 is 10.0 Å². The number of thiazole rings is 1. The summed E-state index contributed by atoms with van der Waals surface area (Å²) < 4.78 is 26.0. The van der Waals surface area contributed by atoms with E-state index in [1.165, 1.54) is 16.8 Å².